The third-order valence-electron chi connectivity index (χ3n) is 3.05. The molecule has 0 radical (unpaired) electrons. The minimum absolute atomic E-state index is 0.120. The van der Waals surface area contributed by atoms with Crippen molar-refractivity contribution in [2.45, 2.75) is 24.9 Å². The van der Waals surface area contributed by atoms with E-state index in [1.807, 2.05) is 33.0 Å². The first-order chi connectivity index (χ1) is 9.91. The minimum Gasteiger partial charge on any atom is -0.316 e. The van der Waals surface area contributed by atoms with Gasteiger partial charge in [-0.3, -0.25) is 0 Å². The van der Waals surface area contributed by atoms with E-state index < -0.39 is 10.0 Å². The number of hydrogen-bond acceptors (Lipinski definition) is 5. The lowest BCUT2D eigenvalue weighted by Gasteiger charge is -2.22. The van der Waals surface area contributed by atoms with E-state index in [1.54, 1.807) is 18.3 Å². The Kier molecular flexibility index (Phi) is 7.24. The molecule has 6 nitrogen and oxygen atoms in total. The highest BCUT2D eigenvalue weighted by Crippen LogP contribution is 2.14. The first-order valence-corrected chi connectivity index (χ1v) is 8.60. The molecule has 0 bridgehead atoms. The van der Waals surface area contributed by atoms with Gasteiger partial charge in [-0.1, -0.05) is 13.0 Å². The van der Waals surface area contributed by atoms with Crippen LogP contribution < -0.4 is 5.32 Å². The summed E-state index contributed by atoms with van der Waals surface area (Å²) in [4.78, 5) is 6.09. The quantitative estimate of drug-likeness (QED) is 0.729. The van der Waals surface area contributed by atoms with Crippen LogP contribution in [0.5, 0.6) is 0 Å². The molecule has 0 amide bonds. The van der Waals surface area contributed by atoms with Crippen molar-refractivity contribution in [1.82, 2.24) is 19.5 Å². The number of nitrogens with zero attached hydrogens (tertiary/aromatic N) is 3. The van der Waals surface area contributed by atoms with E-state index in [2.05, 4.69) is 10.3 Å². The zero-order valence-corrected chi connectivity index (χ0v) is 14.2. The maximum Gasteiger partial charge on any atom is 0.260 e. The van der Waals surface area contributed by atoms with E-state index in [1.165, 1.54) is 4.31 Å². The Hall–Kier alpha value is -1.02. The van der Waals surface area contributed by atoms with Crippen LogP contribution in [0.4, 0.5) is 0 Å². The highest BCUT2D eigenvalue weighted by Gasteiger charge is 2.24. The second kappa shape index (κ2) is 8.43. The molecule has 1 N–H and O–H groups in total. The zero-order chi connectivity index (χ0) is 15.9. The molecule has 1 aromatic heterocycles. The molecule has 0 saturated heterocycles. The van der Waals surface area contributed by atoms with Crippen molar-refractivity contribution >= 4 is 10.0 Å². The summed E-state index contributed by atoms with van der Waals surface area (Å²) in [5.41, 5.74) is 0.965. The van der Waals surface area contributed by atoms with E-state index in [0.717, 1.165) is 12.0 Å². The Morgan fingerprint density at radius 3 is 2.38 bits per heavy atom. The number of likely N-dealkylation sites (N-methyl/N-ethyl adjacent to an activating group) is 1. The predicted octanol–water partition coefficient (Wildman–Crippen LogP) is 0.763. The zero-order valence-electron chi connectivity index (χ0n) is 13.3. The van der Waals surface area contributed by atoms with Crippen molar-refractivity contribution in [1.29, 1.82) is 0 Å². The highest BCUT2D eigenvalue weighted by atomic mass is 32.2. The SMILES string of the molecule is CCCN(CCN(C)C)S(=O)(=O)c1ccc(CNC)cn1. The number of pyridine rings is 1. The highest BCUT2D eigenvalue weighted by molar-refractivity contribution is 7.89. The second-order valence-electron chi connectivity index (χ2n) is 5.24. The van der Waals surface area contributed by atoms with Crippen molar-refractivity contribution < 1.29 is 8.42 Å². The normalized spacial score (nSPS) is 12.3. The molecule has 0 spiro atoms. The van der Waals surface area contributed by atoms with E-state index in [9.17, 15) is 8.42 Å². The van der Waals surface area contributed by atoms with Gasteiger partial charge in [-0.2, -0.15) is 4.31 Å². The van der Waals surface area contributed by atoms with Crippen LogP contribution in [0.15, 0.2) is 23.4 Å². The fourth-order valence-electron chi connectivity index (χ4n) is 1.92. The van der Waals surface area contributed by atoms with Crippen molar-refractivity contribution in [2.24, 2.45) is 0 Å². The fraction of sp³-hybridized carbons (Fsp3) is 0.643. The summed E-state index contributed by atoms with van der Waals surface area (Å²) in [6.45, 7) is 4.32. The topological polar surface area (TPSA) is 65.5 Å². The van der Waals surface area contributed by atoms with Gasteiger partial charge in [0.25, 0.3) is 10.0 Å². The minimum atomic E-state index is -3.52. The van der Waals surface area contributed by atoms with Crippen LogP contribution in [0, 0.1) is 0 Å². The van der Waals surface area contributed by atoms with Gasteiger partial charge in [0.15, 0.2) is 5.03 Å². The van der Waals surface area contributed by atoms with Crippen LogP contribution in [-0.2, 0) is 16.6 Å². The van der Waals surface area contributed by atoms with Crippen LogP contribution in [0.25, 0.3) is 0 Å². The monoisotopic (exact) mass is 314 g/mol. The molecule has 0 unspecified atom stereocenters. The first kappa shape index (κ1) is 18.0. The lowest BCUT2D eigenvalue weighted by Crippen LogP contribution is -2.37. The summed E-state index contributed by atoms with van der Waals surface area (Å²) in [7, 11) is 2.19. The molecule has 120 valence electrons. The second-order valence-corrected chi connectivity index (χ2v) is 7.13. The Morgan fingerprint density at radius 2 is 1.90 bits per heavy atom. The lowest BCUT2D eigenvalue weighted by atomic mass is 10.3. The third kappa shape index (κ3) is 5.35. The third-order valence-corrected chi connectivity index (χ3v) is 4.87. The van der Waals surface area contributed by atoms with Crippen molar-refractivity contribution in [3.05, 3.63) is 23.9 Å². The first-order valence-electron chi connectivity index (χ1n) is 7.16. The molecular formula is C14H26N4O2S. The molecule has 1 aromatic rings. The van der Waals surface area contributed by atoms with Gasteiger partial charge in [0.1, 0.15) is 0 Å². The van der Waals surface area contributed by atoms with E-state index in [0.29, 0.717) is 26.2 Å². The summed E-state index contributed by atoms with van der Waals surface area (Å²) in [5, 5.41) is 3.13. The number of nitrogens with one attached hydrogen (secondary N) is 1. The van der Waals surface area contributed by atoms with E-state index >= 15 is 0 Å². The van der Waals surface area contributed by atoms with Gasteiger partial charge >= 0.3 is 0 Å². The summed E-state index contributed by atoms with van der Waals surface area (Å²) in [6, 6.07) is 3.38. The van der Waals surface area contributed by atoms with Gasteiger partial charge in [-0.05, 0) is 39.2 Å². The van der Waals surface area contributed by atoms with Gasteiger partial charge in [-0.25, -0.2) is 13.4 Å². The average molecular weight is 314 g/mol. The summed E-state index contributed by atoms with van der Waals surface area (Å²) < 4.78 is 26.8. The number of hydrogen-bond donors (Lipinski definition) is 1. The molecule has 0 saturated carbocycles. The van der Waals surface area contributed by atoms with Crippen molar-refractivity contribution in [3.8, 4) is 0 Å². The standard InChI is InChI=1S/C14H26N4O2S/c1-5-8-18(10-9-17(3)4)21(19,20)14-7-6-13(11-15-2)12-16-14/h6-7,12,15H,5,8-11H2,1-4H3. The van der Waals surface area contributed by atoms with Gasteiger partial charge in [0, 0.05) is 32.4 Å². The van der Waals surface area contributed by atoms with E-state index in [-0.39, 0.29) is 5.03 Å². The van der Waals surface area contributed by atoms with Gasteiger partial charge in [-0.15, -0.1) is 0 Å². The van der Waals surface area contributed by atoms with Crippen molar-refractivity contribution in [3.63, 3.8) is 0 Å². The van der Waals surface area contributed by atoms with Crippen LogP contribution in [-0.4, -0.2) is 63.4 Å². The Labute approximate surface area is 128 Å². The molecule has 0 fully saturated rings. The van der Waals surface area contributed by atoms with Gasteiger partial charge in [0.05, 0.1) is 0 Å². The largest absolute Gasteiger partial charge is 0.316 e. The molecule has 1 rings (SSSR count). The Morgan fingerprint density at radius 1 is 1.19 bits per heavy atom. The average Bonchev–Trinajstić information content (AvgIpc) is 2.44. The van der Waals surface area contributed by atoms with Crippen LogP contribution in [0.1, 0.15) is 18.9 Å². The van der Waals surface area contributed by atoms with Crippen LogP contribution >= 0.6 is 0 Å². The van der Waals surface area contributed by atoms with Gasteiger partial charge in [0.2, 0.25) is 0 Å². The summed E-state index contributed by atoms with van der Waals surface area (Å²) in [6.07, 6.45) is 2.39. The number of aromatic nitrogens is 1. The van der Waals surface area contributed by atoms with Crippen LogP contribution in [0.2, 0.25) is 0 Å². The maximum atomic E-state index is 12.6. The van der Waals surface area contributed by atoms with Gasteiger partial charge < -0.3 is 10.2 Å². The fourth-order valence-corrected chi connectivity index (χ4v) is 3.35. The number of sulfonamides is 1. The molecule has 0 aliphatic rings. The molecule has 0 atom stereocenters. The molecule has 1 heterocycles. The Bertz CT molecular complexity index is 514. The van der Waals surface area contributed by atoms with E-state index in [4.69, 9.17) is 0 Å². The van der Waals surface area contributed by atoms with Crippen molar-refractivity contribution in [2.75, 3.05) is 40.8 Å². The molecule has 21 heavy (non-hydrogen) atoms. The Balaban J connectivity index is 2.93. The molecule has 0 aliphatic heterocycles. The number of rotatable bonds is 9. The molecule has 0 aromatic carbocycles. The summed E-state index contributed by atoms with van der Waals surface area (Å²) >= 11 is 0. The smallest absolute Gasteiger partial charge is 0.260 e. The molecular weight excluding hydrogens is 288 g/mol. The van der Waals surface area contributed by atoms with Crippen LogP contribution in [0.3, 0.4) is 0 Å². The summed E-state index contributed by atoms with van der Waals surface area (Å²) in [5.74, 6) is 0. The lowest BCUT2D eigenvalue weighted by molar-refractivity contribution is 0.332. The maximum absolute atomic E-state index is 12.6. The molecule has 7 heteroatoms. The molecule has 0 aliphatic carbocycles. The predicted molar refractivity (Wildman–Crippen MR) is 84.6 cm³/mol.